The van der Waals surface area contributed by atoms with Gasteiger partial charge in [-0.3, -0.25) is 9.78 Å². The van der Waals surface area contributed by atoms with Gasteiger partial charge in [0.05, 0.1) is 13.0 Å². The molecule has 0 radical (unpaired) electrons. The molecule has 7 heteroatoms. The van der Waals surface area contributed by atoms with Crippen LogP contribution in [-0.4, -0.2) is 17.6 Å². The maximum atomic E-state index is 12.8. The Morgan fingerprint density at radius 3 is 2.67 bits per heavy atom. The SMILES string of the molecule is CCOC(=O)Cc1c(Br)cnc(C(F)F)c1CBr. The summed E-state index contributed by atoms with van der Waals surface area (Å²) in [6, 6.07) is 0. The van der Waals surface area contributed by atoms with E-state index in [0.29, 0.717) is 15.6 Å². The summed E-state index contributed by atoms with van der Waals surface area (Å²) >= 11 is 6.36. The average Bonchev–Trinajstić information content (AvgIpc) is 2.31. The van der Waals surface area contributed by atoms with Gasteiger partial charge in [-0.1, -0.05) is 15.9 Å². The molecule has 100 valence electrons. The number of hydrogen-bond acceptors (Lipinski definition) is 3. The second-order valence-electron chi connectivity index (χ2n) is 3.36. The van der Waals surface area contributed by atoms with Gasteiger partial charge >= 0.3 is 5.97 Å². The van der Waals surface area contributed by atoms with Crippen molar-refractivity contribution in [1.29, 1.82) is 0 Å². The van der Waals surface area contributed by atoms with Gasteiger partial charge in [-0.05, 0) is 34.0 Å². The molecule has 0 bridgehead atoms. The van der Waals surface area contributed by atoms with Gasteiger partial charge in [0, 0.05) is 16.0 Å². The Morgan fingerprint density at radius 1 is 1.50 bits per heavy atom. The van der Waals surface area contributed by atoms with Crippen molar-refractivity contribution in [2.75, 3.05) is 6.61 Å². The quantitative estimate of drug-likeness (QED) is 0.571. The number of rotatable bonds is 5. The first-order valence-electron chi connectivity index (χ1n) is 5.17. The van der Waals surface area contributed by atoms with E-state index in [-0.39, 0.29) is 24.1 Å². The Balaban J connectivity index is 3.15. The van der Waals surface area contributed by atoms with E-state index in [1.807, 2.05) is 0 Å². The third-order valence-corrected chi connectivity index (χ3v) is 3.49. The molecule has 0 spiro atoms. The van der Waals surface area contributed by atoms with E-state index in [0.717, 1.165) is 0 Å². The molecule has 0 saturated carbocycles. The smallest absolute Gasteiger partial charge is 0.310 e. The molecule has 0 unspecified atom stereocenters. The van der Waals surface area contributed by atoms with Crippen LogP contribution in [0.4, 0.5) is 8.78 Å². The van der Waals surface area contributed by atoms with Crippen LogP contribution >= 0.6 is 31.9 Å². The first-order valence-corrected chi connectivity index (χ1v) is 7.08. The highest BCUT2D eigenvalue weighted by Gasteiger charge is 2.21. The molecule has 0 atom stereocenters. The molecule has 0 aliphatic heterocycles. The molecule has 1 aromatic rings. The molecular weight excluding hydrogens is 376 g/mol. The van der Waals surface area contributed by atoms with Crippen molar-refractivity contribution in [2.24, 2.45) is 0 Å². The molecule has 0 aromatic carbocycles. The molecule has 3 nitrogen and oxygen atoms in total. The molecule has 1 heterocycles. The van der Waals surface area contributed by atoms with Gasteiger partial charge in [0.2, 0.25) is 0 Å². The van der Waals surface area contributed by atoms with Crippen LogP contribution in [-0.2, 0) is 21.3 Å². The lowest BCUT2D eigenvalue weighted by molar-refractivity contribution is -0.142. The number of alkyl halides is 3. The molecule has 0 saturated heterocycles. The third-order valence-electron chi connectivity index (χ3n) is 2.25. The van der Waals surface area contributed by atoms with Gasteiger partial charge in [0.15, 0.2) is 0 Å². The van der Waals surface area contributed by atoms with Crippen LogP contribution in [0.25, 0.3) is 0 Å². The zero-order chi connectivity index (χ0) is 13.7. The zero-order valence-electron chi connectivity index (χ0n) is 9.55. The van der Waals surface area contributed by atoms with Crippen LogP contribution < -0.4 is 0 Å². The molecular formula is C11H11Br2F2NO2. The maximum absolute atomic E-state index is 12.8. The summed E-state index contributed by atoms with van der Waals surface area (Å²) in [4.78, 5) is 15.1. The van der Waals surface area contributed by atoms with E-state index in [1.165, 1.54) is 6.20 Å². The fourth-order valence-electron chi connectivity index (χ4n) is 1.47. The van der Waals surface area contributed by atoms with Crippen molar-refractivity contribution in [2.45, 2.75) is 25.1 Å². The predicted octanol–water partition coefficient (Wildman–Crippen LogP) is 3.78. The number of carbonyl (C=O) groups is 1. The van der Waals surface area contributed by atoms with Crippen LogP contribution in [0.3, 0.4) is 0 Å². The van der Waals surface area contributed by atoms with Crippen LogP contribution in [0.2, 0.25) is 0 Å². The summed E-state index contributed by atoms with van der Waals surface area (Å²) in [5.41, 5.74) is 0.498. The Labute approximate surface area is 120 Å². The lowest BCUT2D eigenvalue weighted by Crippen LogP contribution is -2.12. The Bertz CT molecular complexity index is 441. The lowest BCUT2D eigenvalue weighted by Gasteiger charge is -2.13. The number of aromatic nitrogens is 1. The highest BCUT2D eigenvalue weighted by Crippen LogP contribution is 2.30. The highest BCUT2D eigenvalue weighted by molar-refractivity contribution is 9.10. The van der Waals surface area contributed by atoms with E-state index >= 15 is 0 Å². The summed E-state index contributed by atoms with van der Waals surface area (Å²) < 4.78 is 30.9. The summed E-state index contributed by atoms with van der Waals surface area (Å²) in [6.45, 7) is 1.95. The van der Waals surface area contributed by atoms with E-state index in [2.05, 4.69) is 36.8 Å². The van der Waals surface area contributed by atoms with E-state index in [4.69, 9.17) is 4.74 Å². The van der Waals surface area contributed by atoms with Crippen LogP contribution in [0, 0.1) is 0 Å². The van der Waals surface area contributed by atoms with Gasteiger partial charge in [0.1, 0.15) is 5.69 Å². The second-order valence-corrected chi connectivity index (χ2v) is 4.78. The second kappa shape index (κ2) is 7.13. The Morgan fingerprint density at radius 2 is 2.17 bits per heavy atom. The van der Waals surface area contributed by atoms with Crippen molar-refractivity contribution in [3.63, 3.8) is 0 Å². The van der Waals surface area contributed by atoms with Crippen molar-refractivity contribution < 1.29 is 18.3 Å². The summed E-state index contributed by atoms with van der Waals surface area (Å²) in [5, 5.41) is 0.202. The third kappa shape index (κ3) is 3.71. The largest absolute Gasteiger partial charge is 0.466 e. The number of halogens is 4. The fraction of sp³-hybridized carbons (Fsp3) is 0.455. The topological polar surface area (TPSA) is 39.2 Å². The summed E-state index contributed by atoms with van der Waals surface area (Å²) in [7, 11) is 0. The molecule has 0 aliphatic carbocycles. The zero-order valence-corrected chi connectivity index (χ0v) is 12.7. The van der Waals surface area contributed by atoms with Crippen LogP contribution in [0.15, 0.2) is 10.7 Å². The van der Waals surface area contributed by atoms with Crippen LogP contribution in [0.5, 0.6) is 0 Å². The molecule has 0 aliphatic rings. The minimum atomic E-state index is -2.67. The normalized spacial score (nSPS) is 10.8. The summed E-state index contributed by atoms with van der Waals surface area (Å²) in [6.07, 6.45) is -1.45. The van der Waals surface area contributed by atoms with Crippen molar-refractivity contribution in [3.05, 3.63) is 27.5 Å². The number of carbonyl (C=O) groups excluding carboxylic acids is 1. The molecule has 1 aromatic heterocycles. The number of hydrogen-bond donors (Lipinski definition) is 0. The van der Waals surface area contributed by atoms with Crippen LogP contribution in [0.1, 0.15) is 30.2 Å². The minimum Gasteiger partial charge on any atom is -0.466 e. The number of pyridine rings is 1. The number of nitrogens with zero attached hydrogens (tertiary/aromatic N) is 1. The van der Waals surface area contributed by atoms with Gasteiger partial charge in [-0.25, -0.2) is 8.78 Å². The molecule has 0 fully saturated rings. The number of esters is 1. The van der Waals surface area contributed by atoms with Crippen molar-refractivity contribution in [1.82, 2.24) is 4.98 Å². The first-order chi connectivity index (χ1) is 8.51. The van der Waals surface area contributed by atoms with E-state index in [1.54, 1.807) is 6.92 Å². The predicted molar refractivity (Wildman–Crippen MR) is 69.9 cm³/mol. The maximum Gasteiger partial charge on any atom is 0.310 e. The fourth-order valence-corrected chi connectivity index (χ4v) is 2.57. The Kier molecular flexibility index (Phi) is 6.14. The molecule has 18 heavy (non-hydrogen) atoms. The summed E-state index contributed by atoms with van der Waals surface area (Å²) in [5.74, 6) is -0.452. The minimum absolute atomic E-state index is 0.0579. The van der Waals surface area contributed by atoms with Gasteiger partial charge in [0.25, 0.3) is 6.43 Å². The van der Waals surface area contributed by atoms with Crippen molar-refractivity contribution >= 4 is 37.8 Å². The van der Waals surface area contributed by atoms with Gasteiger partial charge in [-0.15, -0.1) is 0 Å². The molecule has 0 amide bonds. The monoisotopic (exact) mass is 385 g/mol. The molecule has 1 rings (SSSR count). The van der Waals surface area contributed by atoms with E-state index in [9.17, 15) is 13.6 Å². The Hall–Kier alpha value is -0.560. The highest BCUT2D eigenvalue weighted by atomic mass is 79.9. The van der Waals surface area contributed by atoms with Gasteiger partial charge in [-0.2, -0.15) is 0 Å². The molecule has 0 N–H and O–H groups in total. The number of ether oxygens (including phenoxy) is 1. The van der Waals surface area contributed by atoms with E-state index < -0.39 is 12.4 Å². The lowest BCUT2D eigenvalue weighted by atomic mass is 10.1. The van der Waals surface area contributed by atoms with Crippen molar-refractivity contribution in [3.8, 4) is 0 Å². The first kappa shape index (κ1) is 15.5. The standard InChI is InChI=1S/C11H11Br2F2NO2/c1-2-18-9(17)3-6-7(4-12)10(11(14)15)16-5-8(6)13/h5,11H,2-4H2,1H3. The van der Waals surface area contributed by atoms with Gasteiger partial charge < -0.3 is 4.74 Å². The average molecular weight is 387 g/mol.